The number of nitrogens with zero attached hydrogens (tertiary/aromatic N) is 2. The highest BCUT2D eigenvalue weighted by molar-refractivity contribution is 6.04. The van der Waals surface area contributed by atoms with Crippen LogP contribution in [0.4, 0.5) is 5.69 Å². The minimum absolute atomic E-state index is 0.230. The number of nitrogens with one attached hydrogen (secondary N) is 1. The molecule has 2 amide bonds. The van der Waals surface area contributed by atoms with Crippen molar-refractivity contribution in [2.24, 2.45) is 5.92 Å². The standard InChI is InChI=1S/C19H23N3O2/c1-13(2)7-9-21-10-8-16-17(5-4-6-18(16)21)20-15-11-19(24)22(12-15)14(3)23/h4-6,8,10-11,13,20H,7,9,12H2,1-3H3. The van der Waals surface area contributed by atoms with Crippen LogP contribution in [0.1, 0.15) is 27.2 Å². The normalized spacial score (nSPS) is 14.6. The van der Waals surface area contributed by atoms with Crippen LogP contribution in [-0.4, -0.2) is 27.8 Å². The second-order valence-corrected chi connectivity index (χ2v) is 6.67. The van der Waals surface area contributed by atoms with Gasteiger partial charge in [0, 0.05) is 42.5 Å². The molecule has 5 heteroatoms. The molecule has 24 heavy (non-hydrogen) atoms. The van der Waals surface area contributed by atoms with Gasteiger partial charge < -0.3 is 9.88 Å². The number of amides is 2. The molecular formula is C19H23N3O2. The number of anilines is 1. The van der Waals surface area contributed by atoms with Gasteiger partial charge in [0.2, 0.25) is 5.91 Å². The number of imide groups is 1. The van der Waals surface area contributed by atoms with Gasteiger partial charge in [0.05, 0.1) is 12.1 Å². The molecule has 126 valence electrons. The molecule has 0 saturated heterocycles. The van der Waals surface area contributed by atoms with Gasteiger partial charge >= 0.3 is 0 Å². The largest absolute Gasteiger partial charge is 0.357 e. The maximum Gasteiger partial charge on any atom is 0.255 e. The highest BCUT2D eigenvalue weighted by Gasteiger charge is 2.24. The van der Waals surface area contributed by atoms with E-state index < -0.39 is 0 Å². The number of aromatic nitrogens is 1. The van der Waals surface area contributed by atoms with Gasteiger partial charge in [0.25, 0.3) is 5.91 Å². The van der Waals surface area contributed by atoms with E-state index >= 15 is 0 Å². The number of carbonyl (C=O) groups excluding carboxylic acids is 2. The lowest BCUT2D eigenvalue weighted by atomic mass is 10.1. The van der Waals surface area contributed by atoms with Gasteiger partial charge in [0.1, 0.15) is 0 Å². The Morgan fingerprint density at radius 1 is 1.29 bits per heavy atom. The predicted molar refractivity (Wildman–Crippen MR) is 95.5 cm³/mol. The second kappa shape index (κ2) is 6.51. The first kappa shape index (κ1) is 16.3. The molecule has 1 N–H and O–H groups in total. The summed E-state index contributed by atoms with van der Waals surface area (Å²) in [6.45, 7) is 7.15. The Balaban J connectivity index is 1.82. The molecule has 0 bridgehead atoms. The molecule has 1 aromatic carbocycles. The maximum atomic E-state index is 11.8. The lowest BCUT2D eigenvalue weighted by Gasteiger charge is -2.13. The number of fused-ring (bicyclic) bond motifs is 1. The van der Waals surface area contributed by atoms with Crippen LogP contribution in [0.25, 0.3) is 10.9 Å². The lowest BCUT2D eigenvalue weighted by Crippen LogP contribution is -2.31. The van der Waals surface area contributed by atoms with Crippen LogP contribution in [0, 0.1) is 5.92 Å². The third-order valence-electron chi connectivity index (χ3n) is 4.33. The van der Waals surface area contributed by atoms with Gasteiger partial charge in [-0.15, -0.1) is 0 Å². The molecule has 0 radical (unpaired) electrons. The quantitative estimate of drug-likeness (QED) is 0.917. The van der Waals surface area contributed by atoms with Crippen molar-refractivity contribution in [3.05, 3.63) is 42.2 Å². The Kier molecular flexibility index (Phi) is 4.42. The van der Waals surface area contributed by atoms with E-state index in [0.717, 1.165) is 29.7 Å². The van der Waals surface area contributed by atoms with Crippen molar-refractivity contribution in [1.82, 2.24) is 9.47 Å². The van der Waals surface area contributed by atoms with Crippen LogP contribution >= 0.6 is 0 Å². The van der Waals surface area contributed by atoms with Crippen LogP contribution in [-0.2, 0) is 16.1 Å². The minimum atomic E-state index is -0.258. The van der Waals surface area contributed by atoms with Gasteiger partial charge in [-0.05, 0) is 30.5 Å². The van der Waals surface area contributed by atoms with Crippen molar-refractivity contribution in [2.45, 2.75) is 33.7 Å². The highest BCUT2D eigenvalue weighted by Crippen LogP contribution is 2.27. The average molecular weight is 325 g/mol. The van der Waals surface area contributed by atoms with E-state index in [4.69, 9.17) is 0 Å². The molecule has 1 aromatic heterocycles. The summed E-state index contributed by atoms with van der Waals surface area (Å²) in [7, 11) is 0. The third kappa shape index (κ3) is 3.20. The first-order valence-corrected chi connectivity index (χ1v) is 8.33. The Labute approximate surface area is 141 Å². The van der Waals surface area contributed by atoms with E-state index in [0.29, 0.717) is 12.5 Å². The van der Waals surface area contributed by atoms with Crippen molar-refractivity contribution < 1.29 is 9.59 Å². The van der Waals surface area contributed by atoms with Crippen LogP contribution in [0.5, 0.6) is 0 Å². The fourth-order valence-electron chi connectivity index (χ4n) is 2.96. The van der Waals surface area contributed by atoms with E-state index in [1.807, 2.05) is 12.1 Å². The van der Waals surface area contributed by atoms with E-state index in [9.17, 15) is 9.59 Å². The van der Waals surface area contributed by atoms with Crippen molar-refractivity contribution in [1.29, 1.82) is 0 Å². The van der Waals surface area contributed by atoms with Gasteiger partial charge in [0.15, 0.2) is 0 Å². The fraction of sp³-hybridized carbons (Fsp3) is 0.368. The van der Waals surface area contributed by atoms with Gasteiger partial charge in [-0.3, -0.25) is 14.5 Å². The smallest absolute Gasteiger partial charge is 0.255 e. The maximum absolute atomic E-state index is 11.8. The molecule has 1 aliphatic heterocycles. The van der Waals surface area contributed by atoms with Gasteiger partial charge in [-0.1, -0.05) is 19.9 Å². The zero-order valence-electron chi connectivity index (χ0n) is 14.4. The summed E-state index contributed by atoms with van der Waals surface area (Å²) < 4.78 is 2.26. The van der Waals surface area contributed by atoms with E-state index in [1.165, 1.54) is 23.4 Å². The average Bonchev–Trinajstić information content (AvgIpc) is 3.09. The number of hydrogen-bond donors (Lipinski definition) is 1. The summed E-state index contributed by atoms with van der Waals surface area (Å²) >= 11 is 0. The predicted octanol–water partition coefficient (Wildman–Crippen LogP) is 3.37. The number of carbonyl (C=O) groups is 2. The first-order chi connectivity index (χ1) is 11.5. The SMILES string of the molecule is CC(=O)N1CC(Nc2cccc3c2ccn3CCC(C)C)=CC1=O. The molecule has 1 aliphatic rings. The molecular weight excluding hydrogens is 302 g/mol. The molecule has 3 rings (SSSR count). The van der Waals surface area contributed by atoms with E-state index in [-0.39, 0.29) is 11.8 Å². The van der Waals surface area contributed by atoms with Crippen LogP contribution < -0.4 is 5.32 Å². The Hall–Kier alpha value is -2.56. The zero-order chi connectivity index (χ0) is 17.3. The zero-order valence-corrected chi connectivity index (χ0v) is 14.4. The summed E-state index contributed by atoms with van der Waals surface area (Å²) in [5.74, 6) is 0.175. The summed E-state index contributed by atoms with van der Waals surface area (Å²) in [6, 6.07) is 8.21. The molecule has 2 heterocycles. The summed E-state index contributed by atoms with van der Waals surface area (Å²) in [5, 5.41) is 4.43. The molecule has 0 unspecified atom stereocenters. The topological polar surface area (TPSA) is 54.3 Å². The van der Waals surface area contributed by atoms with Gasteiger partial charge in [-0.2, -0.15) is 0 Å². The molecule has 5 nitrogen and oxygen atoms in total. The molecule has 0 saturated carbocycles. The highest BCUT2D eigenvalue weighted by atomic mass is 16.2. The van der Waals surface area contributed by atoms with Crippen LogP contribution in [0.3, 0.4) is 0 Å². The summed E-state index contributed by atoms with van der Waals surface area (Å²) in [6.07, 6.45) is 4.74. The van der Waals surface area contributed by atoms with Crippen molar-refractivity contribution >= 4 is 28.4 Å². The molecule has 0 fully saturated rings. The van der Waals surface area contributed by atoms with Crippen molar-refractivity contribution in [3.63, 3.8) is 0 Å². The number of hydrogen-bond acceptors (Lipinski definition) is 3. The first-order valence-electron chi connectivity index (χ1n) is 8.33. The fourth-order valence-corrected chi connectivity index (χ4v) is 2.96. The monoisotopic (exact) mass is 325 g/mol. The molecule has 2 aromatic rings. The summed E-state index contributed by atoms with van der Waals surface area (Å²) in [4.78, 5) is 24.5. The van der Waals surface area contributed by atoms with Crippen LogP contribution in [0.2, 0.25) is 0 Å². The lowest BCUT2D eigenvalue weighted by molar-refractivity contribution is -0.138. The van der Waals surface area contributed by atoms with Crippen molar-refractivity contribution in [2.75, 3.05) is 11.9 Å². The Morgan fingerprint density at radius 2 is 2.08 bits per heavy atom. The second-order valence-electron chi connectivity index (χ2n) is 6.67. The number of rotatable bonds is 5. The molecule has 0 spiro atoms. The van der Waals surface area contributed by atoms with E-state index in [1.54, 1.807) is 0 Å². The number of aryl methyl sites for hydroxylation is 1. The molecule has 0 aliphatic carbocycles. The van der Waals surface area contributed by atoms with E-state index in [2.05, 4.69) is 42.1 Å². The Bertz CT molecular complexity index is 817. The molecule has 0 atom stereocenters. The third-order valence-corrected chi connectivity index (χ3v) is 4.33. The number of benzene rings is 1. The summed E-state index contributed by atoms with van der Waals surface area (Å²) in [5.41, 5.74) is 2.88. The van der Waals surface area contributed by atoms with Crippen molar-refractivity contribution in [3.8, 4) is 0 Å². The minimum Gasteiger partial charge on any atom is -0.357 e. The Morgan fingerprint density at radius 3 is 2.75 bits per heavy atom. The van der Waals surface area contributed by atoms with Crippen LogP contribution in [0.15, 0.2) is 42.2 Å². The van der Waals surface area contributed by atoms with Gasteiger partial charge in [-0.25, -0.2) is 0 Å².